The van der Waals surface area contributed by atoms with Gasteiger partial charge in [0.15, 0.2) is 0 Å². The zero-order valence-corrected chi connectivity index (χ0v) is 9.71. The summed E-state index contributed by atoms with van der Waals surface area (Å²) in [6.45, 7) is 9.72. The quantitative estimate of drug-likeness (QED) is 0.383. The van der Waals surface area contributed by atoms with Crippen molar-refractivity contribution in [1.82, 2.24) is 0 Å². The summed E-state index contributed by atoms with van der Waals surface area (Å²) in [4.78, 5) is 0. The van der Waals surface area contributed by atoms with Gasteiger partial charge in [-0.05, 0) is 12.0 Å². The number of rotatable bonds is 3. The molecule has 0 N–H and O–H groups in total. The lowest BCUT2D eigenvalue weighted by Crippen LogP contribution is -2.05. The van der Waals surface area contributed by atoms with Gasteiger partial charge in [0.05, 0.1) is 20.4 Å². The fraction of sp³-hybridized carbons (Fsp3) is 0.500. The predicted molar refractivity (Wildman–Crippen MR) is 61.4 cm³/mol. The van der Waals surface area contributed by atoms with Crippen LogP contribution in [0.4, 0.5) is 0 Å². The van der Waals surface area contributed by atoms with Crippen LogP contribution in [0.3, 0.4) is 0 Å². The molecule has 0 aromatic heterocycles. The fourth-order valence-electron chi connectivity index (χ4n) is 1.23. The molecule has 2 nitrogen and oxygen atoms in total. The molecular formula is C12H21NO. The summed E-state index contributed by atoms with van der Waals surface area (Å²) in [6.07, 6.45) is 6.43. The Balaban J connectivity index is 0.000000791. The zero-order chi connectivity index (χ0) is 11.0. The van der Waals surface area contributed by atoms with Gasteiger partial charge in [0, 0.05) is 5.76 Å². The maximum Gasteiger partial charge on any atom is 0.120 e. The zero-order valence-electron chi connectivity index (χ0n) is 9.71. The number of nitrogens with zero attached hydrogens (tertiary/aromatic N) is 1. The second-order valence-electron chi connectivity index (χ2n) is 2.90. The van der Waals surface area contributed by atoms with Gasteiger partial charge < -0.3 is 4.74 Å². The first kappa shape index (κ1) is 12.8. The average molecular weight is 195 g/mol. The molecule has 0 unspecified atom stereocenters. The minimum absolute atomic E-state index is 0.955. The van der Waals surface area contributed by atoms with Crippen LogP contribution in [0.5, 0.6) is 0 Å². The Kier molecular flexibility index (Phi) is 6.63. The second-order valence-corrected chi connectivity index (χ2v) is 2.90. The van der Waals surface area contributed by atoms with Crippen molar-refractivity contribution in [3.05, 3.63) is 30.0 Å². The lowest BCUT2D eigenvalue weighted by molar-refractivity contribution is -0.439. The van der Waals surface area contributed by atoms with E-state index in [-0.39, 0.29) is 0 Å². The standard InChI is InChI=1S/C10H15NO.C2H6/c1-11(2)8-9-6-4-5-7-10(9)12-3;1-2/h6-8H,1,4-5H2,2-3H3;1-2H3. The topological polar surface area (TPSA) is 12.2 Å². The average Bonchev–Trinajstić information content (AvgIpc) is 2.21. The van der Waals surface area contributed by atoms with E-state index in [9.17, 15) is 0 Å². The van der Waals surface area contributed by atoms with Gasteiger partial charge in [-0.25, -0.2) is 0 Å². The van der Waals surface area contributed by atoms with Gasteiger partial charge in [-0.1, -0.05) is 26.3 Å². The van der Waals surface area contributed by atoms with Gasteiger partial charge in [-0.3, -0.25) is 4.58 Å². The van der Waals surface area contributed by atoms with Crippen LogP contribution in [0.15, 0.2) is 23.5 Å². The van der Waals surface area contributed by atoms with Crippen molar-refractivity contribution in [2.75, 3.05) is 14.2 Å². The highest BCUT2D eigenvalue weighted by Gasteiger charge is 2.04. The van der Waals surface area contributed by atoms with Crippen molar-refractivity contribution in [2.24, 2.45) is 0 Å². The maximum atomic E-state index is 5.21. The van der Waals surface area contributed by atoms with Gasteiger partial charge in [-0.15, -0.1) is 6.08 Å². The van der Waals surface area contributed by atoms with Crippen LogP contribution in [0.2, 0.25) is 0 Å². The van der Waals surface area contributed by atoms with Crippen LogP contribution in [0, 0.1) is 6.54 Å². The molecule has 80 valence electrons. The van der Waals surface area contributed by atoms with Crippen molar-refractivity contribution in [3.63, 3.8) is 0 Å². The Morgan fingerprint density at radius 2 is 1.93 bits per heavy atom. The van der Waals surface area contributed by atoms with E-state index in [2.05, 4.69) is 18.9 Å². The molecule has 1 rings (SSSR count). The summed E-state index contributed by atoms with van der Waals surface area (Å²) in [7, 11) is 3.60. The first-order valence-corrected chi connectivity index (χ1v) is 5.07. The Labute approximate surface area is 87.6 Å². The van der Waals surface area contributed by atoms with Crippen molar-refractivity contribution < 1.29 is 9.31 Å². The highest BCUT2D eigenvalue weighted by Crippen LogP contribution is 2.20. The van der Waals surface area contributed by atoms with Gasteiger partial charge in [-0.2, -0.15) is 0 Å². The number of hydrogen-bond acceptors (Lipinski definition) is 1. The van der Waals surface area contributed by atoms with E-state index in [1.165, 1.54) is 0 Å². The van der Waals surface area contributed by atoms with Crippen molar-refractivity contribution in [2.45, 2.75) is 26.7 Å². The van der Waals surface area contributed by atoms with E-state index in [4.69, 9.17) is 4.74 Å². The number of allylic oxidation sites excluding steroid dienone is 2. The van der Waals surface area contributed by atoms with Crippen molar-refractivity contribution in [1.29, 1.82) is 0 Å². The molecule has 0 aromatic rings. The number of ether oxygens (including phenoxy) is 1. The molecule has 0 aliphatic heterocycles. The third-order valence-corrected chi connectivity index (χ3v) is 1.72. The summed E-state index contributed by atoms with van der Waals surface area (Å²) < 4.78 is 6.99. The van der Waals surface area contributed by atoms with Crippen molar-refractivity contribution in [3.8, 4) is 0 Å². The molecule has 0 saturated heterocycles. The third kappa shape index (κ3) is 4.17. The first-order chi connectivity index (χ1) is 6.74. The van der Waals surface area contributed by atoms with Gasteiger partial charge in [0.2, 0.25) is 0 Å². The summed E-state index contributed by atoms with van der Waals surface area (Å²) >= 11 is 0. The van der Waals surface area contributed by atoms with Crippen LogP contribution in [-0.4, -0.2) is 25.5 Å². The lowest BCUT2D eigenvalue weighted by atomic mass is 10.1. The molecular weight excluding hydrogens is 174 g/mol. The Bertz CT molecular complexity index is 239. The molecule has 14 heavy (non-hydrogen) atoms. The number of methoxy groups -OCH3 is 1. The molecule has 0 atom stereocenters. The molecule has 0 heterocycles. The highest BCUT2D eigenvalue weighted by atomic mass is 16.5. The SMILES string of the molecule is C=[N+](C)[CH-]C1=CCCC=C1OC.CC. The molecule has 1 aliphatic rings. The highest BCUT2D eigenvalue weighted by molar-refractivity contribution is 5.34. The van der Waals surface area contributed by atoms with Crippen molar-refractivity contribution >= 4 is 6.72 Å². The van der Waals surface area contributed by atoms with Crippen LogP contribution >= 0.6 is 0 Å². The van der Waals surface area contributed by atoms with Crippen LogP contribution in [-0.2, 0) is 4.74 Å². The van der Waals surface area contributed by atoms with E-state index >= 15 is 0 Å². The smallest absolute Gasteiger partial charge is 0.120 e. The van der Waals surface area contributed by atoms with E-state index < -0.39 is 0 Å². The van der Waals surface area contributed by atoms with E-state index in [1.54, 1.807) is 11.7 Å². The van der Waals surface area contributed by atoms with Crippen LogP contribution < -0.4 is 0 Å². The third-order valence-electron chi connectivity index (χ3n) is 1.72. The maximum absolute atomic E-state index is 5.21. The first-order valence-electron chi connectivity index (χ1n) is 5.07. The normalized spacial score (nSPS) is 14.3. The molecule has 0 fully saturated rings. The van der Waals surface area contributed by atoms with Crippen LogP contribution in [0.25, 0.3) is 0 Å². The minimum Gasteiger partial charge on any atom is -0.539 e. The molecule has 0 amide bonds. The van der Waals surface area contributed by atoms with E-state index in [1.807, 2.05) is 27.4 Å². The summed E-state index contributed by atoms with van der Waals surface area (Å²) in [5.41, 5.74) is 1.13. The Morgan fingerprint density at radius 1 is 1.36 bits per heavy atom. The molecule has 0 bridgehead atoms. The number of likely N-dealkylation sites (N-methyl/N-ethyl adjacent to an activating group) is 1. The largest absolute Gasteiger partial charge is 0.539 e. The molecule has 0 spiro atoms. The van der Waals surface area contributed by atoms with E-state index in [0.717, 1.165) is 24.2 Å². The molecule has 0 saturated carbocycles. The van der Waals surface area contributed by atoms with E-state index in [0.29, 0.717) is 0 Å². The summed E-state index contributed by atoms with van der Waals surface area (Å²) in [5.74, 6) is 0.955. The monoisotopic (exact) mass is 195 g/mol. The molecule has 2 heteroatoms. The van der Waals surface area contributed by atoms with Gasteiger partial charge in [0.25, 0.3) is 0 Å². The Morgan fingerprint density at radius 3 is 2.43 bits per heavy atom. The molecule has 0 aromatic carbocycles. The summed E-state index contributed by atoms with van der Waals surface area (Å²) in [5, 5.41) is 0. The Hall–Kier alpha value is -1.18. The second kappa shape index (κ2) is 7.25. The van der Waals surface area contributed by atoms with Gasteiger partial charge >= 0.3 is 0 Å². The predicted octanol–water partition coefficient (Wildman–Crippen LogP) is 2.77. The molecule has 1 aliphatic carbocycles. The fourth-order valence-corrected chi connectivity index (χ4v) is 1.23. The van der Waals surface area contributed by atoms with Crippen LogP contribution in [0.1, 0.15) is 26.7 Å². The summed E-state index contributed by atoms with van der Waals surface area (Å²) in [6, 6.07) is 0. The molecule has 0 radical (unpaired) electrons. The lowest BCUT2D eigenvalue weighted by Gasteiger charge is -2.18. The van der Waals surface area contributed by atoms with Gasteiger partial charge in [0.1, 0.15) is 7.05 Å². The number of hydrogen-bond donors (Lipinski definition) is 0. The minimum atomic E-state index is 0.955.